The molecule has 0 spiro atoms. The summed E-state index contributed by atoms with van der Waals surface area (Å²) in [5.74, 6) is -0.173. The number of carbonyl (C=O) groups is 1. The third-order valence-electron chi connectivity index (χ3n) is 11.9. The Bertz CT molecular complexity index is 904. The number of allylic oxidation sites excluding steroid dienone is 1. The SMILES string of the molecule is CCCCCCCCCCCCC/C=C/[C@@H](O)[C@H](CO[C@@H]1O[C@H](CO)[C@@H](O)[C@H](O)[C@H]1O)NC(=O)CCCCCCCCCCCCCCCCCCCCCCC. The van der Waals surface area contributed by atoms with E-state index in [1.807, 2.05) is 6.08 Å². The predicted octanol–water partition coefficient (Wildman–Crippen LogP) is 10.5. The second-order valence-electron chi connectivity index (χ2n) is 17.3. The topological polar surface area (TPSA) is 149 Å². The molecule has 1 saturated heterocycles. The number of rotatable bonds is 41. The summed E-state index contributed by atoms with van der Waals surface area (Å²) in [4.78, 5) is 13.0. The van der Waals surface area contributed by atoms with Crippen LogP contribution in [0.25, 0.3) is 0 Å². The summed E-state index contributed by atoms with van der Waals surface area (Å²) < 4.78 is 11.2. The lowest BCUT2D eigenvalue weighted by atomic mass is 9.99. The van der Waals surface area contributed by atoms with E-state index in [-0.39, 0.29) is 12.5 Å². The van der Waals surface area contributed by atoms with Crippen molar-refractivity contribution in [3.05, 3.63) is 12.2 Å². The average Bonchev–Trinajstić information content (AvgIpc) is 3.21. The highest BCUT2D eigenvalue weighted by Gasteiger charge is 2.44. The molecule has 1 aliphatic heterocycles. The minimum absolute atomic E-state index is 0.173. The van der Waals surface area contributed by atoms with Gasteiger partial charge in [-0.1, -0.05) is 219 Å². The molecule has 0 saturated carbocycles. The number of hydrogen-bond acceptors (Lipinski definition) is 8. The maximum atomic E-state index is 13.0. The number of amides is 1. The molecule has 1 amide bonds. The van der Waals surface area contributed by atoms with Gasteiger partial charge in [0.05, 0.1) is 25.4 Å². The van der Waals surface area contributed by atoms with E-state index in [1.54, 1.807) is 6.08 Å². The Kier molecular flexibility index (Phi) is 37.0. The lowest BCUT2D eigenvalue weighted by Crippen LogP contribution is -2.60. The van der Waals surface area contributed by atoms with Crippen LogP contribution < -0.4 is 5.32 Å². The maximum absolute atomic E-state index is 13.0. The highest BCUT2D eigenvalue weighted by atomic mass is 16.7. The zero-order chi connectivity index (χ0) is 41.6. The monoisotopic (exact) mass is 812 g/mol. The quantitative estimate of drug-likeness (QED) is 0.0264. The molecule has 0 unspecified atom stereocenters. The molecule has 7 atom stereocenters. The van der Waals surface area contributed by atoms with Gasteiger partial charge in [0.15, 0.2) is 6.29 Å². The van der Waals surface area contributed by atoms with E-state index in [1.165, 1.54) is 173 Å². The number of carbonyl (C=O) groups excluding carboxylic acids is 1. The Balaban J connectivity index is 2.27. The molecule has 6 N–H and O–H groups in total. The van der Waals surface area contributed by atoms with E-state index >= 15 is 0 Å². The van der Waals surface area contributed by atoms with Gasteiger partial charge in [0.1, 0.15) is 24.4 Å². The van der Waals surface area contributed by atoms with E-state index < -0.39 is 49.5 Å². The van der Waals surface area contributed by atoms with E-state index in [0.29, 0.717) is 6.42 Å². The van der Waals surface area contributed by atoms with Crippen molar-refractivity contribution in [2.24, 2.45) is 0 Å². The predicted molar refractivity (Wildman–Crippen MR) is 235 cm³/mol. The van der Waals surface area contributed by atoms with Gasteiger partial charge in [-0.15, -0.1) is 0 Å². The van der Waals surface area contributed by atoms with Crippen molar-refractivity contribution in [2.45, 2.75) is 275 Å². The minimum Gasteiger partial charge on any atom is -0.394 e. The van der Waals surface area contributed by atoms with Crippen molar-refractivity contribution < 1.29 is 39.8 Å². The highest BCUT2D eigenvalue weighted by Crippen LogP contribution is 2.23. The number of ether oxygens (including phenoxy) is 2. The molecule has 1 heterocycles. The van der Waals surface area contributed by atoms with E-state index in [9.17, 15) is 30.3 Å². The summed E-state index contributed by atoms with van der Waals surface area (Å²) in [5, 5.41) is 54.2. The van der Waals surface area contributed by atoms with Gasteiger partial charge in [-0.05, 0) is 19.3 Å². The van der Waals surface area contributed by atoms with Gasteiger partial charge in [0.25, 0.3) is 0 Å². The molecular weight excluding hydrogens is 719 g/mol. The smallest absolute Gasteiger partial charge is 0.220 e. The van der Waals surface area contributed by atoms with Crippen LogP contribution in [0, 0.1) is 0 Å². The van der Waals surface area contributed by atoms with Gasteiger partial charge in [-0.3, -0.25) is 4.79 Å². The van der Waals surface area contributed by atoms with Crippen LogP contribution in [0.15, 0.2) is 12.2 Å². The molecule has 338 valence electrons. The molecule has 1 fully saturated rings. The Hall–Kier alpha value is -1.07. The fourth-order valence-electron chi connectivity index (χ4n) is 7.92. The van der Waals surface area contributed by atoms with Crippen LogP contribution in [-0.2, 0) is 14.3 Å². The zero-order valence-corrected chi connectivity index (χ0v) is 37.1. The molecule has 1 rings (SSSR count). The normalized spacial score (nSPS) is 21.0. The molecular formula is C48H93NO8. The Morgan fingerprint density at radius 3 is 1.37 bits per heavy atom. The molecule has 0 aromatic carbocycles. The first-order valence-corrected chi connectivity index (χ1v) is 24.4. The molecule has 9 nitrogen and oxygen atoms in total. The molecule has 1 aliphatic rings. The fourth-order valence-corrected chi connectivity index (χ4v) is 7.92. The van der Waals surface area contributed by atoms with Crippen LogP contribution in [0.4, 0.5) is 0 Å². The number of aliphatic hydroxyl groups is 5. The molecule has 0 bridgehead atoms. The van der Waals surface area contributed by atoms with Crippen molar-refractivity contribution in [1.82, 2.24) is 5.32 Å². The molecule has 0 aromatic heterocycles. The van der Waals surface area contributed by atoms with Crippen LogP contribution >= 0.6 is 0 Å². The summed E-state index contributed by atoms with van der Waals surface area (Å²) in [5.41, 5.74) is 0. The second-order valence-corrected chi connectivity index (χ2v) is 17.3. The van der Waals surface area contributed by atoms with Crippen LogP contribution in [0.2, 0.25) is 0 Å². The molecule has 9 heteroatoms. The number of hydrogen-bond donors (Lipinski definition) is 6. The second kappa shape index (κ2) is 39.1. The maximum Gasteiger partial charge on any atom is 0.220 e. The third kappa shape index (κ3) is 29.7. The van der Waals surface area contributed by atoms with E-state index in [4.69, 9.17) is 9.47 Å². The van der Waals surface area contributed by atoms with Crippen molar-refractivity contribution in [3.63, 3.8) is 0 Å². The first kappa shape index (κ1) is 53.9. The van der Waals surface area contributed by atoms with Gasteiger partial charge in [-0.2, -0.15) is 0 Å². The standard InChI is InChI=1S/C48H93NO8/c1-3-5-7-9-11-13-15-17-18-19-20-21-22-23-24-26-28-30-32-34-36-38-44(52)49-41(40-56-48-47(55)46(54)45(53)43(39-50)57-48)42(51)37-35-33-31-29-27-25-16-14-12-10-8-6-4-2/h35,37,41-43,45-48,50-51,53-55H,3-34,36,38-40H2,1-2H3,(H,49,52)/b37-35+/t41-,42+,43+,45+,46-,47+,48+/m0/s1. The number of nitrogens with one attached hydrogen (secondary N) is 1. The Morgan fingerprint density at radius 2 is 0.965 bits per heavy atom. The molecule has 0 radical (unpaired) electrons. The van der Waals surface area contributed by atoms with Crippen LogP contribution in [-0.4, -0.2) is 87.5 Å². The van der Waals surface area contributed by atoms with Crippen molar-refractivity contribution in [1.29, 1.82) is 0 Å². The summed E-state index contributed by atoms with van der Waals surface area (Å²) in [6.45, 7) is 3.79. The average molecular weight is 812 g/mol. The summed E-state index contributed by atoms with van der Waals surface area (Å²) in [6, 6.07) is -0.798. The van der Waals surface area contributed by atoms with Crippen LogP contribution in [0.1, 0.15) is 232 Å². The van der Waals surface area contributed by atoms with Crippen molar-refractivity contribution in [3.8, 4) is 0 Å². The molecule has 57 heavy (non-hydrogen) atoms. The summed E-state index contributed by atoms with van der Waals surface area (Å²) >= 11 is 0. The fraction of sp³-hybridized carbons (Fsp3) is 0.938. The summed E-state index contributed by atoms with van der Waals surface area (Å²) in [6.07, 6.45) is 38.3. The van der Waals surface area contributed by atoms with Gasteiger partial charge in [0.2, 0.25) is 5.91 Å². The molecule has 0 aliphatic carbocycles. The lowest BCUT2D eigenvalue weighted by molar-refractivity contribution is -0.302. The van der Waals surface area contributed by atoms with E-state index in [0.717, 1.165) is 38.5 Å². The van der Waals surface area contributed by atoms with Crippen molar-refractivity contribution in [2.75, 3.05) is 13.2 Å². The lowest BCUT2D eigenvalue weighted by Gasteiger charge is -2.40. The van der Waals surface area contributed by atoms with Gasteiger partial charge in [0, 0.05) is 6.42 Å². The molecule has 0 aromatic rings. The van der Waals surface area contributed by atoms with Gasteiger partial charge < -0.3 is 40.3 Å². The first-order chi connectivity index (χ1) is 27.8. The van der Waals surface area contributed by atoms with Crippen LogP contribution in [0.5, 0.6) is 0 Å². The third-order valence-corrected chi connectivity index (χ3v) is 11.9. The Labute approximate surface area is 350 Å². The van der Waals surface area contributed by atoms with E-state index in [2.05, 4.69) is 19.2 Å². The van der Waals surface area contributed by atoms with Crippen molar-refractivity contribution >= 4 is 5.91 Å². The largest absolute Gasteiger partial charge is 0.394 e. The number of aliphatic hydroxyl groups excluding tert-OH is 5. The van der Waals surface area contributed by atoms with Gasteiger partial charge >= 0.3 is 0 Å². The number of unbranched alkanes of at least 4 members (excludes halogenated alkanes) is 31. The van der Waals surface area contributed by atoms with Gasteiger partial charge in [-0.25, -0.2) is 0 Å². The zero-order valence-electron chi connectivity index (χ0n) is 37.1. The Morgan fingerprint density at radius 1 is 0.579 bits per heavy atom. The summed E-state index contributed by atoms with van der Waals surface area (Å²) in [7, 11) is 0. The van der Waals surface area contributed by atoms with Crippen LogP contribution in [0.3, 0.4) is 0 Å². The highest BCUT2D eigenvalue weighted by molar-refractivity contribution is 5.76. The minimum atomic E-state index is -1.56. The first-order valence-electron chi connectivity index (χ1n) is 24.4.